The van der Waals surface area contributed by atoms with E-state index in [-0.39, 0.29) is 18.7 Å². The lowest BCUT2D eigenvalue weighted by Gasteiger charge is -2.20. The van der Waals surface area contributed by atoms with Crippen LogP contribution < -0.4 is 5.32 Å². The monoisotopic (exact) mass is 275 g/mol. The van der Waals surface area contributed by atoms with Crippen molar-refractivity contribution < 1.29 is 9.84 Å². The van der Waals surface area contributed by atoms with Crippen LogP contribution in [0.3, 0.4) is 0 Å². The fourth-order valence-electron chi connectivity index (χ4n) is 2.09. The molecule has 0 amide bonds. The van der Waals surface area contributed by atoms with Crippen LogP contribution in [0.4, 0.5) is 0 Å². The van der Waals surface area contributed by atoms with Gasteiger partial charge in [0.2, 0.25) is 0 Å². The van der Waals surface area contributed by atoms with E-state index in [1.807, 2.05) is 54.3 Å². The second-order valence-corrected chi connectivity index (χ2v) is 4.78. The normalized spacial score (nSPS) is 14.2. The van der Waals surface area contributed by atoms with Crippen molar-refractivity contribution in [1.82, 2.24) is 15.1 Å². The molecule has 0 radical (unpaired) electrons. The zero-order chi connectivity index (χ0) is 14.4. The van der Waals surface area contributed by atoms with E-state index < -0.39 is 0 Å². The number of aliphatic hydroxyl groups excluding tert-OH is 1. The highest BCUT2D eigenvalue weighted by molar-refractivity contribution is 5.31. The van der Waals surface area contributed by atoms with Gasteiger partial charge in [-0.1, -0.05) is 18.2 Å². The van der Waals surface area contributed by atoms with E-state index in [2.05, 4.69) is 10.4 Å². The first kappa shape index (κ1) is 14.7. The van der Waals surface area contributed by atoms with Gasteiger partial charge in [0.1, 0.15) is 0 Å². The Balaban J connectivity index is 2.05. The number of nitrogens with zero attached hydrogens (tertiary/aromatic N) is 2. The lowest BCUT2D eigenvalue weighted by Crippen LogP contribution is -2.38. The van der Waals surface area contributed by atoms with Crippen LogP contribution in [-0.4, -0.2) is 41.3 Å². The van der Waals surface area contributed by atoms with Crippen LogP contribution in [0, 0.1) is 0 Å². The smallest absolute Gasteiger partial charge is 0.0645 e. The first-order chi connectivity index (χ1) is 9.74. The zero-order valence-corrected chi connectivity index (χ0v) is 11.9. The molecule has 0 spiro atoms. The van der Waals surface area contributed by atoms with Crippen LogP contribution >= 0.6 is 0 Å². The molecule has 2 N–H and O–H groups in total. The van der Waals surface area contributed by atoms with Crippen molar-refractivity contribution in [2.45, 2.75) is 19.0 Å². The molecule has 2 rings (SSSR count). The minimum Gasteiger partial charge on any atom is -0.395 e. The molecular weight excluding hydrogens is 254 g/mol. The Hall–Kier alpha value is -1.69. The Morgan fingerprint density at radius 1 is 1.35 bits per heavy atom. The summed E-state index contributed by atoms with van der Waals surface area (Å²) in [5, 5.41) is 17.0. The third kappa shape index (κ3) is 3.66. The molecule has 1 heterocycles. The number of methoxy groups -OCH3 is 1. The van der Waals surface area contributed by atoms with E-state index in [1.54, 1.807) is 7.11 Å². The number of ether oxygens (including phenoxy) is 1. The quantitative estimate of drug-likeness (QED) is 0.804. The van der Waals surface area contributed by atoms with Gasteiger partial charge in [0.05, 0.1) is 31.1 Å². The van der Waals surface area contributed by atoms with Gasteiger partial charge in [0.25, 0.3) is 0 Å². The number of rotatable bonds is 7. The molecule has 0 bridgehead atoms. The summed E-state index contributed by atoms with van der Waals surface area (Å²) in [5.41, 5.74) is 2.10. The van der Waals surface area contributed by atoms with Gasteiger partial charge in [-0.2, -0.15) is 5.10 Å². The molecule has 0 saturated carbocycles. The minimum atomic E-state index is -0.0740. The van der Waals surface area contributed by atoms with Gasteiger partial charge in [-0.25, -0.2) is 4.68 Å². The SMILES string of the molecule is COCC(CO)NC(C)c1cnn(-c2ccccc2)c1. The highest BCUT2D eigenvalue weighted by atomic mass is 16.5. The summed E-state index contributed by atoms with van der Waals surface area (Å²) in [5.74, 6) is 0. The second kappa shape index (κ2) is 7.19. The van der Waals surface area contributed by atoms with Gasteiger partial charge >= 0.3 is 0 Å². The fourth-order valence-corrected chi connectivity index (χ4v) is 2.09. The van der Waals surface area contributed by atoms with Gasteiger partial charge in [-0.3, -0.25) is 0 Å². The molecule has 5 nitrogen and oxygen atoms in total. The molecular formula is C15H21N3O2. The van der Waals surface area contributed by atoms with E-state index >= 15 is 0 Å². The van der Waals surface area contributed by atoms with Crippen molar-refractivity contribution in [3.63, 3.8) is 0 Å². The molecule has 0 aliphatic rings. The van der Waals surface area contributed by atoms with Gasteiger partial charge < -0.3 is 15.2 Å². The van der Waals surface area contributed by atoms with Crippen molar-refractivity contribution in [3.8, 4) is 5.69 Å². The molecule has 0 fully saturated rings. The predicted octanol–water partition coefficient (Wildman–Crippen LogP) is 1.53. The molecule has 108 valence electrons. The van der Waals surface area contributed by atoms with E-state index in [9.17, 15) is 5.11 Å². The number of hydrogen-bond donors (Lipinski definition) is 2. The Bertz CT molecular complexity index is 513. The van der Waals surface area contributed by atoms with Crippen molar-refractivity contribution in [1.29, 1.82) is 0 Å². The van der Waals surface area contributed by atoms with Crippen LogP contribution in [0.25, 0.3) is 5.69 Å². The standard InChI is InChI=1S/C15H21N3O2/c1-12(17-14(10-19)11-20-2)13-8-16-18(9-13)15-6-4-3-5-7-15/h3-9,12,14,17,19H,10-11H2,1-2H3. The highest BCUT2D eigenvalue weighted by Crippen LogP contribution is 2.14. The van der Waals surface area contributed by atoms with Gasteiger partial charge in [0.15, 0.2) is 0 Å². The van der Waals surface area contributed by atoms with Gasteiger partial charge in [-0.05, 0) is 19.1 Å². The van der Waals surface area contributed by atoms with Crippen LogP contribution in [0.15, 0.2) is 42.7 Å². The van der Waals surface area contributed by atoms with E-state index in [0.29, 0.717) is 6.61 Å². The zero-order valence-electron chi connectivity index (χ0n) is 11.9. The summed E-state index contributed by atoms with van der Waals surface area (Å²) < 4.78 is 6.91. The predicted molar refractivity (Wildman–Crippen MR) is 77.9 cm³/mol. The Morgan fingerprint density at radius 3 is 2.75 bits per heavy atom. The van der Waals surface area contributed by atoms with Crippen LogP contribution in [0.2, 0.25) is 0 Å². The summed E-state index contributed by atoms with van der Waals surface area (Å²) in [6, 6.07) is 9.99. The topological polar surface area (TPSA) is 59.3 Å². The average molecular weight is 275 g/mol. The van der Waals surface area contributed by atoms with Gasteiger partial charge in [-0.15, -0.1) is 0 Å². The molecule has 5 heteroatoms. The molecule has 0 aliphatic heterocycles. The maximum absolute atomic E-state index is 9.27. The third-order valence-electron chi connectivity index (χ3n) is 3.20. The van der Waals surface area contributed by atoms with E-state index in [1.165, 1.54) is 0 Å². The van der Waals surface area contributed by atoms with Crippen molar-refractivity contribution >= 4 is 0 Å². The Labute approximate surface area is 119 Å². The first-order valence-corrected chi connectivity index (χ1v) is 6.70. The molecule has 2 unspecified atom stereocenters. The summed E-state index contributed by atoms with van der Waals surface area (Å²) in [7, 11) is 1.63. The summed E-state index contributed by atoms with van der Waals surface area (Å²) in [4.78, 5) is 0. The van der Waals surface area contributed by atoms with Gasteiger partial charge in [0, 0.05) is 24.9 Å². The van der Waals surface area contributed by atoms with Crippen LogP contribution in [-0.2, 0) is 4.74 Å². The molecule has 2 aromatic rings. The van der Waals surface area contributed by atoms with Crippen LogP contribution in [0.5, 0.6) is 0 Å². The van der Waals surface area contributed by atoms with Crippen molar-refractivity contribution in [2.24, 2.45) is 0 Å². The summed E-state index contributed by atoms with van der Waals surface area (Å²) in [6.07, 6.45) is 3.83. The third-order valence-corrected chi connectivity index (χ3v) is 3.20. The number of benzene rings is 1. The van der Waals surface area contributed by atoms with Crippen LogP contribution in [0.1, 0.15) is 18.5 Å². The number of hydrogen-bond acceptors (Lipinski definition) is 4. The van der Waals surface area contributed by atoms with E-state index in [4.69, 9.17) is 4.74 Å². The number of aromatic nitrogens is 2. The van der Waals surface area contributed by atoms with Crippen molar-refractivity contribution in [2.75, 3.05) is 20.3 Å². The van der Waals surface area contributed by atoms with Crippen molar-refractivity contribution in [3.05, 3.63) is 48.3 Å². The van der Waals surface area contributed by atoms with E-state index in [0.717, 1.165) is 11.3 Å². The Morgan fingerprint density at radius 2 is 2.10 bits per heavy atom. The molecule has 1 aromatic heterocycles. The fraction of sp³-hybridized carbons (Fsp3) is 0.400. The number of nitrogens with one attached hydrogen (secondary N) is 1. The molecule has 1 aromatic carbocycles. The lowest BCUT2D eigenvalue weighted by atomic mass is 10.1. The largest absolute Gasteiger partial charge is 0.395 e. The first-order valence-electron chi connectivity index (χ1n) is 6.70. The lowest BCUT2D eigenvalue weighted by molar-refractivity contribution is 0.123. The minimum absolute atomic E-state index is 0.0466. The average Bonchev–Trinajstić information content (AvgIpc) is 2.97. The molecule has 0 aliphatic carbocycles. The molecule has 20 heavy (non-hydrogen) atoms. The Kier molecular flexibility index (Phi) is 5.29. The molecule has 2 atom stereocenters. The maximum atomic E-state index is 9.27. The second-order valence-electron chi connectivity index (χ2n) is 4.78. The summed E-state index contributed by atoms with van der Waals surface area (Å²) >= 11 is 0. The highest BCUT2D eigenvalue weighted by Gasteiger charge is 2.14. The number of para-hydroxylation sites is 1. The number of aliphatic hydroxyl groups is 1. The molecule has 0 saturated heterocycles. The maximum Gasteiger partial charge on any atom is 0.0645 e. The summed E-state index contributed by atoms with van der Waals surface area (Å²) in [6.45, 7) is 2.57.